The largest absolute Gasteiger partial charge is 0.403 e. The van der Waals surface area contributed by atoms with Gasteiger partial charge in [0.15, 0.2) is 5.65 Å². The number of aromatic nitrogens is 3. The number of piperazine rings is 1. The van der Waals surface area contributed by atoms with Crippen LogP contribution >= 0.6 is 11.6 Å². The molecule has 8 heteroatoms. The van der Waals surface area contributed by atoms with Gasteiger partial charge >= 0.3 is 5.63 Å². The van der Waals surface area contributed by atoms with E-state index in [1.165, 1.54) is 0 Å². The van der Waals surface area contributed by atoms with Crippen LogP contribution in [0.5, 0.6) is 0 Å². The first kappa shape index (κ1) is 18.1. The summed E-state index contributed by atoms with van der Waals surface area (Å²) in [6.07, 6.45) is 3.61. The highest BCUT2D eigenvalue weighted by Crippen LogP contribution is 2.25. The van der Waals surface area contributed by atoms with E-state index in [0.29, 0.717) is 27.6 Å². The van der Waals surface area contributed by atoms with Crippen molar-refractivity contribution in [1.82, 2.24) is 19.3 Å². The van der Waals surface area contributed by atoms with Crippen molar-refractivity contribution in [3.8, 4) is 11.3 Å². The molecule has 1 aliphatic rings. The molecule has 29 heavy (non-hydrogen) atoms. The molecule has 0 aromatic carbocycles. The molecule has 0 atom stereocenters. The monoisotopic (exact) mass is 409 g/mol. The van der Waals surface area contributed by atoms with Gasteiger partial charge in [-0.25, -0.2) is 9.78 Å². The molecule has 1 saturated heterocycles. The Labute approximate surface area is 172 Å². The molecule has 4 aromatic rings. The lowest BCUT2D eigenvalue weighted by atomic mass is 10.2. The van der Waals surface area contributed by atoms with E-state index in [9.17, 15) is 4.79 Å². The van der Waals surface area contributed by atoms with Gasteiger partial charge in [0.2, 0.25) is 5.71 Å². The maximum atomic E-state index is 12.7. The third-order valence-corrected chi connectivity index (χ3v) is 5.73. The lowest BCUT2D eigenvalue weighted by Gasteiger charge is -2.34. The zero-order valence-corrected chi connectivity index (χ0v) is 16.8. The number of pyridine rings is 2. The minimum atomic E-state index is -0.461. The minimum Gasteiger partial charge on any atom is -0.403 e. The van der Waals surface area contributed by atoms with Crippen molar-refractivity contribution in [1.29, 1.82) is 0 Å². The van der Waals surface area contributed by atoms with Crippen LogP contribution in [-0.2, 0) is 0 Å². The van der Waals surface area contributed by atoms with E-state index < -0.39 is 5.63 Å². The van der Waals surface area contributed by atoms with Crippen LogP contribution in [0.1, 0.15) is 6.92 Å². The molecule has 0 aliphatic carbocycles. The van der Waals surface area contributed by atoms with Crippen LogP contribution < -0.4 is 10.5 Å². The fourth-order valence-corrected chi connectivity index (χ4v) is 3.96. The number of nitrogens with zero attached hydrogens (tertiary/aromatic N) is 5. The first-order valence-corrected chi connectivity index (χ1v) is 10.1. The number of anilines is 1. The second-order valence-corrected chi connectivity index (χ2v) is 7.55. The average Bonchev–Trinajstić information content (AvgIpc) is 3.18. The van der Waals surface area contributed by atoms with Crippen molar-refractivity contribution in [2.24, 2.45) is 0 Å². The van der Waals surface area contributed by atoms with Crippen molar-refractivity contribution >= 4 is 34.2 Å². The summed E-state index contributed by atoms with van der Waals surface area (Å²) in [7, 11) is 0. The summed E-state index contributed by atoms with van der Waals surface area (Å²) in [6, 6.07) is 9.30. The highest BCUT2D eigenvalue weighted by molar-refractivity contribution is 6.33. The van der Waals surface area contributed by atoms with Crippen molar-refractivity contribution in [2.45, 2.75) is 6.92 Å². The molecule has 0 spiro atoms. The maximum Gasteiger partial charge on any atom is 0.347 e. The SMILES string of the molecule is CCN1CCN(c2ccc3cc(-c4cn5cccc(Cl)c5n4)c(=O)oc3n2)CC1. The summed E-state index contributed by atoms with van der Waals surface area (Å²) in [4.78, 5) is 26.4. The van der Waals surface area contributed by atoms with Crippen molar-refractivity contribution in [2.75, 3.05) is 37.6 Å². The first-order valence-electron chi connectivity index (χ1n) is 9.68. The van der Waals surface area contributed by atoms with Gasteiger partial charge in [-0.3, -0.25) is 0 Å². The smallest absolute Gasteiger partial charge is 0.347 e. The molecule has 0 amide bonds. The second kappa shape index (κ2) is 7.17. The van der Waals surface area contributed by atoms with E-state index >= 15 is 0 Å². The number of rotatable bonds is 3. The van der Waals surface area contributed by atoms with Gasteiger partial charge < -0.3 is 18.6 Å². The molecule has 0 N–H and O–H groups in total. The van der Waals surface area contributed by atoms with Crippen molar-refractivity contribution in [3.05, 3.63) is 58.2 Å². The van der Waals surface area contributed by atoms with Gasteiger partial charge in [-0.1, -0.05) is 18.5 Å². The van der Waals surface area contributed by atoms with E-state index in [4.69, 9.17) is 16.0 Å². The molecular weight excluding hydrogens is 390 g/mol. The fourth-order valence-electron chi connectivity index (χ4n) is 3.75. The molecule has 1 fully saturated rings. The highest BCUT2D eigenvalue weighted by Gasteiger charge is 2.18. The molecular formula is C21H20ClN5O2. The normalized spacial score (nSPS) is 15.4. The second-order valence-electron chi connectivity index (χ2n) is 7.15. The van der Waals surface area contributed by atoms with Gasteiger partial charge in [-0.15, -0.1) is 0 Å². The maximum absolute atomic E-state index is 12.7. The van der Waals surface area contributed by atoms with Crippen LogP contribution in [-0.4, -0.2) is 52.0 Å². The van der Waals surface area contributed by atoms with E-state index in [0.717, 1.165) is 43.9 Å². The van der Waals surface area contributed by atoms with E-state index in [1.54, 1.807) is 22.7 Å². The number of hydrogen-bond donors (Lipinski definition) is 0. The highest BCUT2D eigenvalue weighted by atomic mass is 35.5. The molecule has 0 bridgehead atoms. The Morgan fingerprint density at radius 1 is 1.14 bits per heavy atom. The van der Waals surface area contributed by atoms with E-state index in [-0.39, 0.29) is 0 Å². The number of hydrogen-bond acceptors (Lipinski definition) is 6. The standard InChI is InChI=1S/C21H20ClN5O2/c1-2-25-8-10-26(11-9-25)18-6-5-14-12-15(21(28)29-20(14)24-18)17-13-27-7-3-4-16(22)19(27)23-17/h3-7,12-13H,2,8-11H2,1H3. The summed E-state index contributed by atoms with van der Waals surface area (Å²) < 4.78 is 7.35. The number of fused-ring (bicyclic) bond motifs is 2. The van der Waals surface area contributed by atoms with Crippen molar-refractivity contribution < 1.29 is 4.42 Å². The molecule has 5 rings (SSSR count). The zero-order valence-electron chi connectivity index (χ0n) is 16.0. The summed E-state index contributed by atoms with van der Waals surface area (Å²) in [5, 5.41) is 1.29. The predicted molar refractivity (Wildman–Crippen MR) is 114 cm³/mol. The van der Waals surface area contributed by atoms with Crippen molar-refractivity contribution in [3.63, 3.8) is 0 Å². The summed E-state index contributed by atoms with van der Waals surface area (Å²) in [5.41, 5.74) is 1.40. The van der Waals surface area contributed by atoms with Crippen LogP contribution in [0.15, 0.2) is 51.9 Å². The third kappa shape index (κ3) is 3.26. The zero-order chi connectivity index (χ0) is 20.0. The Hall–Kier alpha value is -2.90. The van der Waals surface area contributed by atoms with Gasteiger partial charge in [-0.2, -0.15) is 4.98 Å². The van der Waals surface area contributed by atoms with Crippen LogP contribution in [0, 0.1) is 0 Å². The number of imidazole rings is 1. The molecule has 4 aromatic heterocycles. The summed E-state index contributed by atoms with van der Waals surface area (Å²) in [5.74, 6) is 0.837. The summed E-state index contributed by atoms with van der Waals surface area (Å²) >= 11 is 6.20. The van der Waals surface area contributed by atoms with E-state index in [2.05, 4.69) is 26.7 Å². The average molecular weight is 410 g/mol. The van der Waals surface area contributed by atoms with Gasteiger partial charge in [-0.05, 0) is 36.9 Å². The van der Waals surface area contributed by atoms with Crippen LogP contribution in [0.25, 0.3) is 28.0 Å². The van der Waals surface area contributed by atoms with Gasteiger partial charge in [0, 0.05) is 44.0 Å². The molecule has 0 radical (unpaired) electrons. The molecule has 0 unspecified atom stereocenters. The number of likely N-dealkylation sites (N-methyl/N-ethyl adjacent to an activating group) is 1. The Kier molecular flexibility index (Phi) is 4.49. The fraction of sp³-hybridized carbons (Fsp3) is 0.286. The quantitative estimate of drug-likeness (QED) is 0.517. The van der Waals surface area contributed by atoms with Crippen LogP contribution in [0.4, 0.5) is 5.82 Å². The molecule has 1 aliphatic heterocycles. The minimum absolute atomic E-state index is 0.343. The molecule has 5 heterocycles. The Bertz CT molecular complexity index is 1260. The van der Waals surface area contributed by atoms with E-state index in [1.807, 2.05) is 24.4 Å². The van der Waals surface area contributed by atoms with Gasteiger partial charge in [0.05, 0.1) is 16.3 Å². The molecule has 148 valence electrons. The van der Waals surface area contributed by atoms with Gasteiger partial charge in [0.1, 0.15) is 5.82 Å². The Morgan fingerprint density at radius 2 is 1.97 bits per heavy atom. The molecule has 0 saturated carbocycles. The lowest BCUT2D eigenvalue weighted by Crippen LogP contribution is -2.46. The topological polar surface area (TPSA) is 66.9 Å². The molecule has 7 nitrogen and oxygen atoms in total. The predicted octanol–water partition coefficient (Wildman–Crippen LogP) is 3.30. The Balaban J connectivity index is 1.51. The number of halogens is 1. The lowest BCUT2D eigenvalue weighted by molar-refractivity contribution is 0.270. The van der Waals surface area contributed by atoms with Gasteiger partial charge in [0.25, 0.3) is 0 Å². The summed E-state index contributed by atoms with van der Waals surface area (Å²) in [6.45, 7) is 7.08. The Morgan fingerprint density at radius 3 is 2.72 bits per heavy atom. The van der Waals surface area contributed by atoms with Crippen LogP contribution in [0.3, 0.4) is 0 Å². The third-order valence-electron chi connectivity index (χ3n) is 5.44. The van der Waals surface area contributed by atoms with Crippen LogP contribution in [0.2, 0.25) is 5.02 Å². The first-order chi connectivity index (χ1) is 14.1.